The normalized spacial score (nSPS) is 19.1. The highest BCUT2D eigenvalue weighted by atomic mass is 16.5. The Labute approximate surface area is 258 Å². The van der Waals surface area contributed by atoms with Gasteiger partial charge in [-0.3, -0.25) is 19.0 Å². The summed E-state index contributed by atoms with van der Waals surface area (Å²) in [6.45, 7) is -0.219. The van der Waals surface area contributed by atoms with Crippen LogP contribution in [0.4, 0.5) is 5.82 Å². The fourth-order valence-corrected chi connectivity index (χ4v) is 5.69. The lowest BCUT2D eigenvalue weighted by molar-refractivity contribution is -0.0459. The summed E-state index contributed by atoms with van der Waals surface area (Å²) < 4.78 is 6.81. The first-order chi connectivity index (χ1) is 21.6. The monoisotopic (exact) mass is 620 g/mol. The second kappa shape index (κ2) is 13.8. The van der Waals surface area contributed by atoms with Crippen LogP contribution >= 0.6 is 0 Å². The number of aromatic nitrogens is 2. The first-order valence-corrected chi connectivity index (χ1v) is 14.8. The van der Waals surface area contributed by atoms with Gasteiger partial charge in [-0.15, -0.1) is 0 Å². The molecule has 0 bridgehead atoms. The minimum Gasteiger partial charge on any atom is -0.396 e. The Hall–Kier alpha value is -4.27. The first-order valence-electron chi connectivity index (χ1n) is 14.8. The highest BCUT2D eigenvalue weighted by Crippen LogP contribution is 2.31. The van der Waals surface area contributed by atoms with E-state index >= 15 is 0 Å². The van der Waals surface area contributed by atoms with Crippen LogP contribution in [-0.2, 0) is 11.2 Å². The number of nitrogen functional groups attached to an aromatic ring is 1. The van der Waals surface area contributed by atoms with Gasteiger partial charge in [0.15, 0.2) is 11.6 Å². The van der Waals surface area contributed by atoms with E-state index in [0.717, 1.165) is 0 Å². The van der Waals surface area contributed by atoms with Crippen molar-refractivity contribution in [2.45, 2.75) is 50.5 Å². The van der Waals surface area contributed by atoms with E-state index in [4.69, 9.17) is 10.5 Å². The Bertz CT molecular complexity index is 1670. The molecule has 2 aliphatic rings. The molecular formula is C32H36N4O9. The molecule has 3 atom stereocenters. The Morgan fingerprint density at radius 3 is 2.38 bits per heavy atom. The van der Waals surface area contributed by atoms with E-state index in [1.807, 2.05) is 0 Å². The van der Waals surface area contributed by atoms with Crippen LogP contribution in [0.2, 0.25) is 0 Å². The summed E-state index contributed by atoms with van der Waals surface area (Å²) in [5.74, 6) is -1.34. The average Bonchev–Trinajstić information content (AvgIpc) is 3.42. The maximum absolute atomic E-state index is 13.6. The summed E-state index contributed by atoms with van der Waals surface area (Å²) in [5, 5.41) is 40.6. The number of amides is 1. The van der Waals surface area contributed by atoms with Gasteiger partial charge in [-0.2, -0.15) is 4.98 Å². The van der Waals surface area contributed by atoms with E-state index in [0.29, 0.717) is 36.9 Å². The number of aliphatic hydroxyl groups is 4. The largest absolute Gasteiger partial charge is 0.396 e. The van der Waals surface area contributed by atoms with Crippen LogP contribution in [-0.4, -0.2) is 86.0 Å². The summed E-state index contributed by atoms with van der Waals surface area (Å²) in [6, 6.07) is 9.24. The zero-order valence-corrected chi connectivity index (χ0v) is 24.5. The molecule has 13 heteroatoms. The molecule has 238 valence electrons. The molecule has 1 amide bonds. The molecule has 2 heterocycles. The summed E-state index contributed by atoms with van der Waals surface area (Å²) in [7, 11) is 0. The number of ketones is 2. The lowest BCUT2D eigenvalue weighted by Gasteiger charge is -2.19. The van der Waals surface area contributed by atoms with Crippen LogP contribution in [0.25, 0.3) is 0 Å². The van der Waals surface area contributed by atoms with Crippen molar-refractivity contribution in [1.82, 2.24) is 14.9 Å². The third kappa shape index (κ3) is 6.72. The van der Waals surface area contributed by atoms with E-state index < -0.39 is 36.5 Å². The van der Waals surface area contributed by atoms with Gasteiger partial charge in [-0.1, -0.05) is 18.6 Å². The third-order valence-electron chi connectivity index (χ3n) is 8.34. The lowest BCUT2D eigenvalue weighted by atomic mass is 9.82. The van der Waals surface area contributed by atoms with Crippen LogP contribution in [0.5, 0.6) is 0 Å². The molecule has 0 radical (unpaired) electrons. The minimum atomic E-state index is -0.950. The number of nitrogens with zero attached hydrogens (tertiary/aromatic N) is 2. The molecule has 5 rings (SSSR count). The van der Waals surface area contributed by atoms with Gasteiger partial charge in [-0.25, -0.2) is 4.79 Å². The number of nitrogens with two attached hydrogens (primary N) is 1. The zero-order valence-electron chi connectivity index (χ0n) is 24.5. The van der Waals surface area contributed by atoms with Gasteiger partial charge in [0.1, 0.15) is 18.1 Å². The van der Waals surface area contributed by atoms with Crippen molar-refractivity contribution in [1.29, 1.82) is 0 Å². The number of hydrogen-bond acceptors (Lipinski definition) is 11. The number of hydrogen-bond donors (Lipinski definition) is 6. The molecule has 13 nitrogen and oxygen atoms in total. The average molecular weight is 621 g/mol. The predicted molar refractivity (Wildman–Crippen MR) is 161 cm³/mol. The van der Waals surface area contributed by atoms with Crippen LogP contribution in [0, 0.1) is 5.92 Å². The lowest BCUT2D eigenvalue weighted by Crippen LogP contribution is -2.29. The van der Waals surface area contributed by atoms with Crippen molar-refractivity contribution < 1.29 is 39.5 Å². The van der Waals surface area contributed by atoms with Gasteiger partial charge in [0, 0.05) is 78.1 Å². The van der Waals surface area contributed by atoms with Crippen molar-refractivity contribution in [2.24, 2.45) is 5.92 Å². The second-order valence-corrected chi connectivity index (χ2v) is 11.4. The Morgan fingerprint density at radius 2 is 1.69 bits per heavy atom. The SMILES string of the molecule is Nc1nc(=O)n([C@H]2C[C@H](O)[C@@H](CO)O2)cc1Cc1ccc2c(c1)C(=O)c1cc(C(=O)NCCCCC(CO)CO)ccc1C2=O. The smallest absolute Gasteiger partial charge is 0.351 e. The molecule has 1 aliphatic carbocycles. The van der Waals surface area contributed by atoms with E-state index in [-0.39, 0.29) is 77.3 Å². The molecule has 0 unspecified atom stereocenters. The number of carbonyl (C=O) groups excluding carboxylic acids is 3. The van der Waals surface area contributed by atoms with Gasteiger partial charge in [0.05, 0.1) is 12.7 Å². The summed E-state index contributed by atoms with van der Waals surface area (Å²) in [5.41, 5.74) is 7.44. The molecular weight excluding hydrogens is 584 g/mol. The highest BCUT2D eigenvalue weighted by molar-refractivity contribution is 6.28. The number of aliphatic hydroxyl groups excluding tert-OH is 4. The molecule has 7 N–H and O–H groups in total. The summed E-state index contributed by atoms with van der Waals surface area (Å²) >= 11 is 0. The fraction of sp³-hybridized carbons (Fsp3) is 0.406. The Morgan fingerprint density at radius 1 is 1.00 bits per heavy atom. The van der Waals surface area contributed by atoms with Crippen molar-refractivity contribution in [3.05, 3.63) is 92.0 Å². The summed E-state index contributed by atoms with van der Waals surface area (Å²) in [6.07, 6.45) is 1.11. The minimum absolute atomic E-state index is 0.0174. The van der Waals surface area contributed by atoms with Crippen LogP contribution < -0.4 is 16.7 Å². The van der Waals surface area contributed by atoms with Crippen molar-refractivity contribution in [3.8, 4) is 0 Å². The number of rotatable bonds is 12. The van der Waals surface area contributed by atoms with Gasteiger partial charge < -0.3 is 36.2 Å². The number of fused-ring (bicyclic) bond motifs is 2. The van der Waals surface area contributed by atoms with Crippen molar-refractivity contribution in [3.63, 3.8) is 0 Å². The van der Waals surface area contributed by atoms with E-state index in [9.17, 15) is 39.6 Å². The molecule has 1 aromatic heterocycles. The maximum Gasteiger partial charge on any atom is 0.351 e. The van der Waals surface area contributed by atoms with E-state index in [1.165, 1.54) is 29.0 Å². The number of nitrogens with one attached hydrogen (secondary N) is 1. The van der Waals surface area contributed by atoms with Gasteiger partial charge in [0.2, 0.25) is 0 Å². The topological polar surface area (TPSA) is 214 Å². The van der Waals surface area contributed by atoms with E-state index in [1.54, 1.807) is 18.2 Å². The van der Waals surface area contributed by atoms with Crippen molar-refractivity contribution >= 4 is 23.3 Å². The number of carbonyl (C=O) groups is 3. The number of anilines is 1. The molecule has 0 spiro atoms. The zero-order chi connectivity index (χ0) is 32.2. The molecule has 1 saturated heterocycles. The number of ether oxygens (including phenoxy) is 1. The second-order valence-electron chi connectivity index (χ2n) is 11.4. The highest BCUT2D eigenvalue weighted by Gasteiger charge is 2.35. The number of benzene rings is 2. The molecule has 1 fully saturated rings. The first kappa shape index (κ1) is 32.1. The van der Waals surface area contributed by atoms with Gasteiger partial charge in [-0.05, 0) is 42.7 Å². The predicted octanol–water partition coefficient (Wildman–Crippen LogP) is 0.333. The molecule has 45 heavy (non-hydrogen) atoms. The summed E-state index contributed by atoms with van der Waals surface area (Å²) in [4.78, 5) is 56.2. The van der Waals surface area contributed by atoms with Crippen LogP contribution in [0.15, 0.2) is 47.4 Å². The van der Waals surface area contributed by atoms with Crippen LogP contribution in [0.1, 0.15) is 85.2 Å². The Balaban J connectivity index is 1.32. The molecule has 3 aromatic rings. The fourth-order valence-electron chi connectivity index (χ4n) is 5.69. The third-order valence-corrected chi connectivity index (χ3v) is 8.34. The van der Waals surface area contributed by atoms with E-state index in [2.05, 4.69) is 10.3 Å². The van der Waals surface area contributed by atoms with Gasteiger partial charge in [0.25, 0.3) is 5.91 Å². The van der Waals surface area contributed by atoms with Crippen molar-refractivity contribution in [2.75, 3.05) is 32.1 Å². The maximum atomic E-state index is 13.6. The molecule has 1 aliphatic heterocycles. The van der Waals surface area contributed by atoms with Gasteiger partial charge >= 0.3 is 5.69 Å². The quantitative estimate of drug-likeness (QED) is 0.119. The van der Waals surface area contributed by atoms with Crippen LogP contribution in [0.3, 0.4) is 0 Å². The molecule has 0 saturated carbocycles. The Kier molecular flexibility index (Phi) is 9.85. The molecule has 2 aromatic carbocycles. The number of unbranched alkanes of at least 4 members (excludes halogenated alkanes) is 1. The standard InChI is InChI=1S/C32H36N4O9/c33-30-20(13-36(32(44)35-30)27-12-25(40)26(16-39)45-27)9-17-4-6-21-23(10-17)29(42)24-11-19(5-7-22(24)28(21)41)31(43)34-8-2-1-3-18(14-37)15-38/h4-7,10-11,13,18,25-27,37-40H,1-3,8-9,12,14-16H2,(H,34,43)(H2,33,35,44)/t25-,26+,27+/m0/s1.